The lowest BCUT2D eigenvalue weighted by Crippen LogP contribution is -2.14. The van der Waals surface area contributed by atoms with Gasteiger partial charge in [-0.1, -0.05) is 49.9 Å². The number of fused-ring (bicyclic) bond motifs is 2. The summed E-state index contributed by atoms with van der Waals surface area (Å²) in [6.45, 7) is 2.96. The van der Waals surface area contributed by atoms with E-state index in [0.29, 0.717) is 0 Å². The molecule has 2 aromatic carbocycles. The van der Waals surface area contributed by atoms with Gasteiger partial charge in [0.25, 0.3) is 0 Å². The summed E-state index contributed by atoms with van der Waals surface area (Å²) < 4.78 is 10.7. The monoisotopic (exact) mass is 475 g/mol. The fourth-order valence-corrected chi connectivity index (χ4v) is 5.09. The predicted octanol–water partition coefficient (Wildman–Crippen LogP) is 6.67. The molecule has 1 aliphatic rings. The average Bonchev–Trinajstić information content (AvgIpc) is 2.90. The molecule has 35 heavy (non-hydrogen) atoms. The van der Waals surface area contributed by atoms with Gasteiger partial charge in [-0.3, -0.25) is 4.98 Å². The van der Waals surface area contributed by atoms with Gasteiger partial charge in [0.05, 0.1) is 19.7 Å². The van der Waals surface area contributed by atoms with Crippen molar-refractivity contribution in [1.29, 1.82) is 0 Å². The molecule has 0 unspecified atom stereocenters. The second-order valence-electron chi connectivity index (χ2n) is 9.55. The molecule has 0 saturated heterocycles. The number of methoxy groups -OCH3 is 2. The smallest absolute Gasteiger partial charge is 0.161 e. The summed E-state index contributed by atoms with van der Waals surface area (Å²) in [7, 11) is 3.35. The quantitative estimate of drug-likeness (QED) is 0.255. The Bertz CT molecular complexity index is 1080. The molecule has 5 nitrogen and oxygen atoms in total. The maximum Gasteiger partial charge on any atom is 0.161 e. The third kappa shape index (κ3) is 6.88. The van der Waals surface area contributed by atoms with Crippen LogP contribution in [0.1, 0.15) is 68.2 Å². The summed E-state index contributed by atoms with van der Waals surface area (Å²) in [6, 6.07) is 14.7. The number of unbranched alkanes of at least 4 members (excludes halogenated alkanes) is 5. The Morgan fingerprint density at radius 3 is 2.37 bits per heavy atom. The number of para-hydroxylation sites is 1. The van der Waals surface area contributed by atoms with Gasteiger partial charge in [-0.15, -0.1) is 0 Å². The number of anilines is 1. The van der Waals surface area contributed by atoms with E-state index in [0.717, 1.165) is 49.5 Å². The summed E-state index contributed by atoms with van der Waals surface area (Å²) in [4.78, 5) is 4.95. The first kappa shape index (κ1) is 25.3. The Kier molecular flexibility index (Phi) is 9.64. The molecule has 0 aliphatic heterocycles. The molecule has 1 heterocycles. The van der Waals surface area contributed by atoms with Gasteiger partial charge < -0.3 is 20.1 Å². The van der Waals surface area contributed by atoms with Crippen LogP contribution in [0.15, 0.2) is 42.5 Å². The van der Waals surface area contributed by atoms with E-state index in [9.17, 15) is 0 Å². The normalized spacial score (nSPS) is 13.0. The third-order valence-corrected chi connectivity index (χ3v) is 7.03. The summed E-state index contributed by atoms with van der Waals surface area (Å²) in [5.74, 6) is 1.57. The van der Waals surface area contributed by atoms with Crippen molar-refractivity contribution in [2.75, 3.05) is 32.6 Å². The molecule has 4 rings (SSSR count). The van der Waals surface area contributed by atoms with E-state index in [4.69, 9.17) is 14.5 Å². The van der Waals surface area contributed by atoms with Crippen LogP contribution < -0.4 is 20.1 Å². The lowest BCUT2D eigenvalue weighted by molar-refractivity contribution is 0.354. The van der Waals surface area contributed by atoms with E-state index in [-0.39, 0.29) is 0 Å². The third-order valence-electron chi connectivity index (χ3n) is 7.03. The van der Waals surface area contributed by atoms with Gasteiger partial charge in [-0.05, 0) is 74.4 Å². The largest absolute Gasteiger partial charge is 0.493 e. The Labute approximate surface area is 210 Å². The van der Waals surface area contributed by atoms with Crippen molar-refractivity contribution in [2.24, 2.45) is 0 Å². The van der Waals surface area contributed by atoms with Gasteiger partial charge in [0.2, 0.25) is 0 Å². The van der Waals surface area contributed by atoms with Crippen LogP contribution in [0.25, 0.3) is 10.9 Å². The highest BCUT2D eigenvalue weighted by Gasteiger charge is 2.17. The number of pyridine rings is 1. The first-order valence-corrected chi connectivity index (χ1v) is 13.4. The number of aryl methyl sites for hydroxylation is 1. The molecule has 0 spiro atoms. The fourth-order valence-electron chi connectivity index (χ4n) is 5.09. The van der Waals surface area contributed by atoms with Crippen LogP contribution in [-0.4, -0.2) is 32.3 Å². The van der Waals surface area contributed by atoms with Crippen LogP contribution in [0.3, 0.4) is 0 Å². The fraction of sp³-hybridized carbons (Fsp3) is 0.500. The van der Waals surface area contributed by atoms with Gasteiger partial charge in [-0.25, -0.2) is 0 Å². The van der Waals surface area contributed by atoms with Crippen LogP contribution in [0.5, 0.6) is 11.5 Å². The minimum absolute atomic E-state index is 0.778. The average molecular weight is 476 g/mol. The van der Waals surface area contributed by atoms with Gasteiger partial charge >= 0.3 is 0 Å². The number of rotatable bonds is 14. The number of hydrogen-bond acceptors (Lipinski definition) is 5. The lowest BCUT2D eigenvalue weighted by atomic mass is 9.92. The maximum absolute atomic E-state index is 5.38. The molecule has 1 aromatic heterocycles. The Balaban J connectivity index is 1.10. The second kappa shape index (κ2) is 13.3. The molecular formula is C30H41N3O2. The molecule has 0 saturated carbocycles. The molecule has 1 aliphatic carbocycles. The number of benzene rings is 2. The Morgan fingerprint density at radius 2 is 1.54 bits per heavy atom. The molecular weight excluding hydrogens is 434 g/mol. The Morgan fingerprint density at radius 1 is 0.800 bits per heavy atom. The molecule has 2 N–H and O–H groups in total. The van der Waals surface area contributed by atoms with Crippen molar-refractivity contribution in [3.8, 4) is 11.5 Å². The topological polar surface area (TPSA) is 55.4 Å². The first-order chi connectivity index (χ1) is 17.3. The zero-order chi connectivity index (χ0) is 24.3. The van der Waals surface area contributed by atoms with E-state index in [1.165, 1.54) is 79.3 Å². The lowest BCUT2D eigenvalue weighted by Gasteiger charge is -2.21. The van der Waals surface area contributed by atoms with E-state index in [2.05, 4.69) is 41.0 Å². The molecule has 0 atom stereocenters. The molecule has 5 heteroatoms. The van der Waals surface area contributed by atoms with Gasteiger partial charge in [-0.2, -0.15) is 0 Å². The molecule has 0 amide bonds. The zero-order valence-corrected chi connectivity index (χ0v) is 21.5. The highest BCUT2D eigenvalue weighted by atomic mass is 16.5. The summed E-state index contributed by atoms with van der Waals surface area (Å²) in [5, 5.41) is 8.63. The highest BCUT2D eigenvalue weighted by molar-refractivity contribution is 5.93. The van der Waals surface area contributed by atoms with Crippen molar-refractivity contribution in [2.45, 2.75) is 70.8 Å². The van der Waals surface area contributed by atoms with Crippen molar-refractivity contribution in [3.63, 3.8) is 0 Å². The maximum atomic E-state index is 5.38. The zero-order valence-electron chi connectivity index (χ0n) is 21.5. The minimum atomic E-state index is 0.778. The van der Waals surface area contributed by atoms with E-state index in [1.54, 1.807) is 14.2 Å². The Hall–Kier alpha value is -2.79. The molecule has 0 radical (unpaired) electrons. The number of aromatic nitrogens is 1. The molecule has 0 bridgehead atoms. The van der Waals surface area contributed by atoms with E-state index in [1.807, 2.05) is 12.1 Å². The number of nitrogens with one attached hydrogen (secondary N) is 2. The number of ether oxygens (including phenoxy) is 2. The van der Waals surface area contributed by atoms with Crippen molar-refractivity contribution < 1.29 is 9.47 Å². The van der Waals surface area contributed by atoms with Crippen LogP contribution in [-0.2, 0) is 19.4 Å². The predicted molar refractivity (Wildman–Crippen MR) is 146 cm³/mol. The SMILES string of the molecule is COc1ccc(CNCCCCCCCCNc2c3c(nc4ccccc24)CCCC3)cc1OC. The number of hydrogen-bond donors (Lipinski definition) is 2. The minimum Gasteiger partial charge on any atom is -0.493 e. The van der Waals surface area contributed by atoms with Crippen molar-refractivity contribution in [3.05, 3.63) is 59.3 Å². The molecule has 188 valence electrons. The van der Waals surface area contributed by atoms with Crippen LogP contribution in [0.2, 0.25) is 0 Å². The van der Waals surface area contributed by atoms with Crippen molar-refractivity contribution >= 4 is 16.6 Å². The summed E-state index contributed by atoms with van der Waals surface area (Å²) >= 11 is 0. The highest BCUT2D eigenvalue weighted by Crippen LogP contribution is 2.33. The molecule has 0 fully saturated rings. The van der Waals surface area contributed by atoms with E-state index < -0.39 is 0 Å². The van der Waals surface area contributed by atoms with Gasteiger partial charge in [0.1, 0.15) is 0 Å². The van der Waals surface area contributed by atoms with Gasteiger partial charge in [0, 0.05) is 29.9 Å². The van der Waals surface area contributed by atoms with E-state index >= 15 is 0 Å². The molecule has 3 aromatic rings. The number of nitrogens with zero attached hydrogens (tertiary/aromatic N) is 1. The van der Waals surface area contributed by atoms with Crippen LogP contribution in [0, 0.1) is 0 Å². The standard InChI is InChI=1S/C30H41N3O2/c1-34-28-18-17-23(21-29(28)35-2)22-31-19-11-5-3-4-6-12-20-32-30-24-13-7-9-15-26(24)33-27-16-10-8-14-25(27)30/h7,9,13,15,17-18,21,31H,3-6,8,10-12,14,16,19-20,22H2,1-2H3,(H,32,33). The van der Waals surface area contributed by atoms with Crippen LogP contribution >= 0.6 is 0 Å². The first-order valence-electron chi connectivity index (χ1n) is 13.4. The van der Waals surface area contributed by atoms with Crippen LogP contribution in [0.4, 0.5) is 5.69 Å². The van der Waals surface area contributed by atoms with Gasteiger partial charge in [0.15, 0.2) is 11.5 Å². The summed E-state index contributed by atoms with van der Waals surface area (Å²) in [5.41, 5.74) is 6.49. The summed E-state index contributed by atoms with van der Waals surface area (Å²) in [6.07, 6.45) is 12.5. The second-order valence-corrected chi connectivity index (χ2v) is 9.55. The van der Waals surface area contributed by atoms with Crippen molar-refractivity contribution in [1.82, 2.24) is 10.3 Å².